The number of hydrogen-bond acceptors (Lipinski definition) is 4. The summed E-state index contributed by atoms with van der Waals surface area (Å²) in [7, 11) is 0. The zero-order valence-electron chi connectivity index (χ0n) is 22.5. The molecule has 0 aliphatic carbocycles. The van der Waals surface area contributed by atoms with Crippen molar-refractivity contribution in [1.82, 2.24) is 0 Å². The summed E-state index contributed by atoms with van der Waals surface area (Å²) >= 11 is 0. The van der Waals surface area contributed by atoms with Crippen molar-refractivity contribution in [3.05, 3.63) is 11.1 Å². The third-order valence-electron chi connectivity index (χ3n) is 6.25. The highest BCUT2D eigenvalue weighted by molar-refractivity contribution is 5.99. The van der Waals surface area contributed by atoms with Crippen LogP contribution in [0.4, 0.5) is 0 Å². The van der Waals surface area contributed by atoms with Gasteiger partial charge < -0.3 is 9.47 Å². The van der Waals surface area contributed by atoms with Crippen LogP contribution in [-0.4, -0.2) is 25.2 Å². The van der Waals surface area contributed by atoms with Crippen molar-refractivity contribution in [2.45, 2.75) is 150 Å². The molecule has 0 spiro atoms. The highest BCUT2D eigenvalue weighted by Gasteiger charge is 2.20. The number of ether oxygens (including phenoxy) is 2. The third-order valence-corrected chi connectivity index (χ3v) is 6.25. The predicted molar refractivity (Wildman–Crippen MR) is 139 cm³/mol. The van der Waals surface area contributed by atoms with Crippen molar-refractivity contribution in [2.24, 2.45) is 0 Å². The molecular formula is C29H54O4. The predicted octanol–water partition coefficient (Wildman–Crippen LogP) is 8.86. The van der Waals surface area contributed by atoms with Gasteiger partial charge in [0.2, 0.25) is 0 Å². The highest BCUT2D eigenvalue weighted by Crippen LogP contribution is 2.19. The molecule has 194 valence electrons. The molecule has 0 aliphatic rings. The Morgan fingerprint density at radius 3 is 1.30 bits per heavy atom. The lowest BCUT2D eigenvalue weighted by Gasteiger charge is -2.13. The first-order valence-electron chi connectivity index (χ1n) is 14.1. The molecule has 0 bridgehead atoms. The Morgan fingerprint density at radius 1 is 0.485 bits per heavy atom. The first kappa shape index (κ1) is 31.7. The second-order valence-corrected chi connectivity index (χ2v) is 9.43. The molecule has 0 N–H and O–H groups in total. The van der Waals surface area contributed by atoms with Gasteiger partial charge in [-0.05, 0) is 32.6 Å². The molecule has 0 radical (unpaired) electrons. The minimum atomic E-state index is -0.360. The highest BCUT2D eigenvalue weighted by atomic mass is 16.5. The van der Waals surface area contributed by atoms with Crippen LogP contribution in [-0.2, 0) is 19.1 Å². The van der Waals surface area contributed by atoms with Crippen LogP contribution in [0.15, 0.2) is 11.1 Å². The van der Waals surface area contributed by atoms with Gasteiger partial charge in [-0.15, -0.1) is 0 Å². The molecule has 0 heterocycles. The van der Waals surface area contributed by atoms with Crippen molar-refractivity contribution < 1.29 is 19.1 Å². The fraction of sp³-hybridized carbons (Fsp3) is 0.862. The van der Waals surface area contributed by atoms with Crippen LogP contribution in [0.25, 0.3) is 0 Å². The Morgan fingerprint density at radius 2 is 0.848 bits per heavy atom. The second-order valence-electron chi connectivity index (χ2n) is 9.43. The number of unbranched alkanes of at least 4 members (excludes halogenated alkanes) is 15. The van der Waals surface area contributed by atoms with E-state index in [0.29, 0.717) is 30.8 Å². The first-order chi connectivity index (χ1) is 16.1. The summed E-state index contributed by atoms with van der Waals surface area (Å²) in [5.74, 6) is -0.688. The molecule has 0 aromatic heterocycles. The first-order valence-corrected chi connectivity index (χ1v) is 14.1. The summed E-state index contributed by atoms with van der Waals surface area (Å²) in [6.45, 7) is 9.21. The monoisotopic (exact) mass is 466 g/mol. The largest absolute Gasteiger partial charge is 0.462 e. The lowest BCUT2D eigenvalue weighted by atomic mass is 10.0. The molecule has 0 aromatic rings. The van der Waals surface area contributed by atoms with Crippen LogP contribution in [0, 0.1) is 0 Å². The summed E-state index contributed by atoms with van der Waals surface area (Å²) in [5, 5.41) is 0. The fourth-order valence-electron chi connectivity index (χ4n) is 3.94. The molecule has 0 atom stereocenters. The number of esters is 2. The van der Waals surface area contributed by atoms with Crippen molar-refractivity contribution in [2.75, 3.05) is 13.2 Å². The fourth-order valence-corrected chi connectivity index (χ4v) is 3.94. The van der Waals surface area contributed by atoms with Gasteiger partial charge in [0.25, 0.3) is 0 Å². The molecule has 0 saturated carbocycles. The van der Waals surface area contributed by atoms with Crippen LogP contribution in [0.1, 0.15) is 150 Å². The minimum Gasteiger partial charge on any atom is -0.462 e. The van der Waals surface area contributed by atoms with Crippen molar-refractivity contribution in [3.63, 3.8) is 0 Å². The van der Waals surface area contributed by atoms with Crippen molar-refractivity contribution in [1.29, 1.82) is 0 Å². The van der Waals surface area contributed by atoms with Crippen LogP contribution >= 0.6 is 0 Å². The maximum absolute atomic E-state index is 12.8. The smallest absolute Gasteiger partial charge is 0.334 e. The molecule has 33 heavy (non-hydrogen) atoms. The Kier molecular flexibility index (Phi) is 22.9. The summed E-state index contributed by atoms with van der Waals surface area (Å²) in [6, 6.07) is 0. The molecule has 0 aliphatic heterocycles. The quantitative estimate of drug-likeness (QED) is 0.0857. The lowest BCUT2D eigenvalue weighted by molar-refractivity contribution is -0.142. The van der Waals surface area contributed by atoms with Gasteiger partial charge >= 0.3 is 11.9 Å². The van der Waals surface area contributed by atoms with Gasteiger partial charge in [-0.25, -0.2) is 9.59 Å². The van der Waals surface area contributed by atoms with Gasteiger partial charge in [0, 0.05) is 11.1 Å². The van der Waals surface area contributed by atoms with Crippen LogP contribution in [0.2, 0.25) is 0 Å². The second kappa shape index (κ2) is 23.8. The zero-order valence-corrected chi connectivity index (χ0v) is 22.5. The van der Waals surface area contributed by atoms with E-state index in [2.05, 4.69) is 20.8 Å². The molecule has 4 heteroatoms. The number of carbonyl (C=O) groups excluding carboxylic acids is 2. The van der Waals surface area contributed by atoms with E-state index in [1.165, 1.54) is 77.0 Å². The van der Waals surface area contributed by atoms with E-state index < -0.39 is 0 Å². The summed E-state index contributed by atoms with van der Waals surface area (Å²) in [6.07, 6.45) is 21.3. The number of hydrogen-bond donors (Lipinski definition) is 0. The molecule has 0 rings (SSSR count). The summed E-state index contributed by atoms with van der Waals surface area (Å²) < 4.78 is 11.0. The minimum absolute atomic E-state index is 0.328. The number of rotatable bonds is 23. The van der Waals surface area contributed by atoms with E-state index in [4.69, 9.17) is 9.47 Å². The van der Waals surface area contributed by atoms with Crippen LogP contribution in [0.3, 0.4) is 0 Å². The van der Waals surface area contributed by atoms with E-state index in [1.54, 1.807) is 6.92 Å². The van der Waals surface area contributed by atoms with Gasteiger partial charge in [0.15, 0.2) is 0 Å². The molecule has 4 nitrogen and oxygen atoms in total. The zero-order chi connectivity index (χ0) is 24.6. The maximum atomic E-state index is 12.8. The van der Waals surface area contributed by atoms with Gasteiger partial charge in [-0.2, -0.15) is 0 Å². The lowest BCUT2D eigenvalue weighted by Crippen LogP contribution is -2.16. The van der Waals surface area contributed by atoms with Gasteiger partial charge in [-0.1, -0.05) is 117 Å². The van der Waals surface area contributed by atoms with E-state index in [-0.39, 0.29) is 11.9 Å². The molecule has 0 amide bonds. The van der Waals surface area contributed by atoms with Crippen LogP contribution in [0.5, 0.6) is 0 Å². The average molecular weight is 467 g/mol. The Bertz CT molecular complexity index is 510. The molecular weight excluding hydrogens is 412 g/mol. The third kappa shape index (κ3) is 18.8. The molecule has 0 saturated heterocycles. The van der Waals surface area contributed by atoms with E-state index in [9.17, 15) is 9.59 Å². The van der Waals surface area contributed by atoms with Gasteiger partial charge in [0.1, 0.15) is 0 Å². The van der Waals surface area contributed by atoms with Crippen molar-refractivity contribution in [3.8, 4) is 0 Å². The average Bonchev–Trinajstić information content (AvgIpc) is 2.81. The Balaban J connectivity index is 4.60. The van der Waals surface area contributed by atoms with E-state index >= 15 is 0 Å². The molecule has 0 fully saturated rings. The van der Waals surface area contributed by atoms with E-state index in [1.807, 2.05) is 0 Å². The Labute approximate surface area is 205 Å². The molecule has 0 unspecified atom stereocenters. The molecule has 0 aromatic carbocycles. The topological polar surface area (TPSA) is 52.6 Å². The van der Waals surface area contributed by atoms with Crippen molar-refractivity contribution >= 4 is 11.9 Å². The standard InChI is InChI=1S/C29H54O4/c1-5-8-11-14-17-20-23-27(29(31)33-25-22-19-16-13-10-7-3)26(4)28(30)32-24-21-18-15-12-9-6-2/h5-25H2,1-4H3/b27-26-. The maximum Gasteiger partial charge on any atom is 0.334 e. The Hall–Kier alpha value is -1.32. The SMILES string of the molecule is CCCCCCCCOC(=O)/C(C)=C(/CCCCCCCC)C(=O)OCCCCCCCC. The normalized spacial score (nSPS) is 11.9. The van der Waals surface area contributed by atoms with Gasteiger partial charge in [-0.3, -0.25) is 0 Å². The summed E-state index contributed by atoms with van der Waals surface area (Å²) in [5.41, 5.74) is 0.951. The number of carbonyl (C=O) groups is 2. The van der Waals surface area contributed by atoms with Gasteiger partial charge in [0.05, 0.1) is 13.2 Å². The summed E-state index contributed by atoms with van der Waals surface area (Å²) in [4.78, 5) is 25.4. The van der Waals surface area contributed by atoms with Crippen LogP contribution < -0.4 is 0 Å². The van der Waals surface area contributed by atoms with E-state index in [0.717, 1.165) is 38.5 Å².